The molecule has 1 aliphatic rings. The number of H-pyrrole nitrogens is 1. The normalized spacial score (nSPS) is 12.4. The molecule has 0 spiro atoms. The van der Waals surface area contributed by atoms with Gasteiger partial charge < -0.3 is 9.84 Å². The molecule has 5 nitrogen and oxygen atoms in total. The average molecular weight is 486 g/mol. The lowest BCUT2D eigenvalue weighted by Crippen LogP contribution is -2.02. The summed E-state index contributed by atoms with van der Waals surface area (Å²) in [5.74, 6) is 0.279. The number of aromatic nitrogens is 2. The van der Waals surface area contributed by atoms with Gasteiger partial charge in [-0.25, -0.2) is 4.79 Å². The predicted molar refractivity (Wildman–Crippen MR) is 110 cm³/mol. The molecule has 0 atom stereocenters. The van der Waals surface area contributed by atoms with Crippen LogP contribution in [0.1, 0.15) is 16.1 Å². The Balaban J connectivity index is 1.94. The van der Waals surface area contributed by atoms with Crippen molar-refractivity contribution in [1.29, 1.82) is 0 Å². The number of ether oxygens (including phenoxy) is 1. The molecule has 0 saturated heterocycles. The lowest BCUT2D eigenvalue weighted by Gasteiger charge is -2.19. The van der Waals surface area contributed by atoms with E-state index in [0.717, 1.165) is 22.3 Å². The van der Waals surface area contributed by atoms with Crippen molar-refractivity contribution in [3.8, 4) is 28.1 Å². The number of fused-ring (bicyclic) bond motifs is 3. The molecule has 0 radical (unpaired) electrons. The van der Waals surface area contributed by atoms with E-state index in [1.54, 1.807) is 19.2 Å². The third-order valence-corrected chi connectivity index (χ3v) is 7.33. The molecule has 27 heavy (non-hydrogen) atoms. The second kappa shape index (κ2) is 7.05. The van der Waals surface area contributed by atoms with E-state index in [4.69, 9.17) is 27.9 Å². The number of halogens is 3. The van der Waals surface area contributed by atoms with Crippen LogP contribution in [-0.4, -0.2) is 28.4 Å². The number of carboxylic acids is 1. The first kappa shape index (κ1) is 18.7. The number of thioether (sulfide) groups is 1. The lowest BCUT2D eigenvalue weighted by atomic mass is 9.96. The fraction of sp³-hybridized carbons (Fsp3) is 0.111. The number of carbonyl (C=O) groups is 1. The minimum atomic E-state index is -1.03. The molecule has 1 aliphatic heterocycles. The second-order valence-corrected chi connectivity index (χ2v) is 8.43. The van der Waals surface area contributed by atoms with Gasteiger partial charge in [0.25, 0.3) is 0 Å². The molecular weight excluding hydrogens is 475 g/mol. The number of carboxylic acid groups (broad SMARTS) is 1. The summed E-state index contributed by atoms with van der Waals surface area (Å²) >= 11 is 17.3. The minimum Gasteiger partial charge on any atom is -0.496 e. The van der Waals surface area contributed by atoms with Gasteiger partial charge >= 0.3 is 5.97 Å². The largest absolute Gasteiger partial charge is 0.496 e. The molecule has 0 unspecified atom stereocenters. The van der Waals surface area contributed by atoms with Crippen LogP contribution in [0, 0.1) is 0 Å². The standard InChI is InChI=1S/C18H11BrCl2N2O3S/c1-26-13-4-8-6-27-17-15(22-23-16(17)18(24)25)10(8)5-9(13)7-2-11(20)14(19)12(21)3-7/h2-5H,6H2,1H3,(H,22,23)(H,24,25). The summed E-state index contributed by atoms with van der Waals surface area (Å²) < 4.78 is 6.21. The van der Waals surface area contributed by atoms with Gasteiger partial charge in [0, 0.05) is 16.9 Å². The van der Waals surface area contributed by atoms with Crippen molar-refractivity contribution >= 4 is 56.9 Å². The highest BCUT2D eigenvalue weighted by molar-refractivity contribution is 9.10. The van der Waals surface area contributed by atoms with Gasteiger partial charge in [-0.3, -0.25) is 5.10 Å². The number of methoxy groups -OCH3 is 1. The van der Waals surface area contributed by atoms with Crippen LogP contribution >= 0.6 is 50.9 Å². The molecule has 9 heteroatoms. The Kier molecular flexibility index (Phi) is 4.88. The van der Waals surface area contributed by atoms with Gasteiger partial charge in [0.2, 0.25) is 0 Å². The lowest BCUT2D eigenvalue weighted by molar-refractivity contribution is 0.0686. The number of nitrogens with one attached hydrogen (secondary N) is 1. The third kappa shape index (κ3) is 3.12. The van der Waals surface area contributed by atoms with Crippen LogP contribution in [0.4, 0.5) is 0 Å². The van der Waals surface area contributed by atoms with E-state index in [2.05, 4.69) is 26.1 Å². The number of nitrogens with zero attached hydrogens (tertiary/aromatic N) is 1. The molecule has 0 amide bonds. The summed E-state index contributed by atoms with van der Waals surface area (Å²) in [4.78, 5) is 12.0. The van der Waals surface area contributed by atoms with E-state index in [0.29, 0.717) is 36.6 Å². The highest BCUT2D eigenvalue weighted by Crippen LogP contribution is 2.47. The summed E-state index contributed by atoms with van der Waals surface area (Å²) in [6.07, 6.45) is 0. The molecule has 0 bridgehead atoms. The quantitative estimate of drug-likeness (QED) is 0.436. The highest BCUT2D eigenvalue weighted by atomic mass is 79.9. The number of rotatable bonds is 3. The molecule has 4 rings (SSSR count). The van der Waals surface area contributed by atoms with Crippen molar-refractivity contribution in [2.45, 2.75) is 10.6 Å². The van der Waals surface area contributed by atoms with Crippen molar-refractivity contribution in [2.75, 3.05) is 7.11 Å². The van der Waals surface area contributed by atoms with Gasteiger partial charge in [-0.2, -0.15) is 5.10 Å². The molecule has 3 aromatic rings. The van der Waals surface area contributed by atoms with Gasteiger partial charge in [-0.15, -0.1) is 11.8 Å². The van der Waals surface area contributed by atoms with Crippen LogP contribution in [0.5, 0.6) is 5.75 Å². The second-order valence-electron chi connectivity index (χ2n) is 5.83. The molecule has 2 aromatic carbocycles. The Morgan fingerprint density at radius 2 is 1.96 bits per heavy atom. The minimum absolute atomic E-state index is 0.104. The zero-order chi connectivity index (χ0) is 19.3. The Morgan fingerprint density at radius 1 is 1.26 bits per heavy atom. The van der Waals surface area contributed by atoms with Crippen LogP contribution in [0.3, 0.4) is 0 Å². The fourth-order valence-corrected chi connectivity index (χ4v) is 4.84. The van der Waals surface area contributed by atoms with Crippen LogP contribution in [0.2, 0.25) is 10.0 Å². The summed E-state index contributed by atoms with van der Waals surface area (Å²) in [5.41, 5.74) is 4.20. The zero-order valence-corrected chi connectivity index (χ0v) is 17.7. The smallest absolute Gasteiger partial charge is 0.355 e. The van der Waals surface area contributed by atoms with Gasteiger partial charge in [-0.1, -0.05) is 23.2 Å². The first-order chi connectivity index (χ1) is 12.9. The van der Waals surface area contributed by atoms with Crippen LogP contribution in [0.15, 0.2) is 33.6 Å². The summed E-state index contributed by atoms with van der Waals surface area (Å²) in [6.45, 7) is 0. The van der Waals surface area contributed by atoms with Gasteiger partial charge in [0.05, 0.1) is 26.5 Å². The van der Waals surface area contributed by atoms with Crippen molar-refractivity contribution in [1.82, 2.24) is 10.2 Å². The molecule has 2 heterocycles. The van der Waals surface area contributed by atoms with E-state index >= 15 is 0 Å². The van der Waals surface area contributed by atoms with Crippen molar-refractivity contribution in [3.63, 3.8) is 0 Å². The molecule has 2 N–H and O–H groups in total. The van der Waals surface area contributed by atoms with Crippen LogP contribution in [-0.2, 0) is 5.75 Å². The van der Waals surface area contributed by atoms with E-state index < -0.39 is 5.97 Å². The molecule has 0 saturated carbocycles. The average Bonchev–Trinajstić information content (AvgIpc) is 3.09. The number of hydrogen-bond donors (Lipinski definition) is 2. The molecular formula is C18H11BrCl2N2O3S. The third-order valence-electron chi connectivity index (χ3n) is 4.28. The van der Waals surface area contributed by atoms with E-state index in [9.17, 15) is 9.90 Å². The van der Waals surface area contributed by atoms with E-state index in [-0.39, 0.29) is 5.69 Å². The molecule has 138 valence electrons. The number of benzene rings is 2. The number of aromatic carboxylic acids is 1. The van der Waals surface area contributed by atoms with E-state index in [1.807, 2.05) is 12.1 Å². The van der Waals surface area contributed by atoms with Crippen LogP contribution in [0.25, 0.3) is 22.4 Å². The van der Waals surface area contributed by atoms with Crippen molar-refractivity contribution < 1.29 is 14.6 Å². The fourth-order valence-electron chi connectivity index (χ4n) is 3.02. The Labute approximate surface area is 177 Å². The maximum atomic E-state index is 11.4. The number of hydrogen-bond acceptors (Lipinski definition) is 4. The SMILES string of the molecule is COc1cc2c(cc1-c1cc(Cl)c(Br)c(Cl)c1)-c1n[nH]c(C(=O)O)c1SC2. The Morgan fingerprint density at radius 3 is 2.59 bits per heavy atom. The van der Waals surface area contributed by atoms with Crippen LogP contribution < -0.4 is 4.74 Å². The Hall–Kier alpha value is -1.67. The van der Waals surface area contributed by atoms with E-state index in [1.165, 1.54) is 11.8 Å². The highest BCUT2D eigenvalue weighted by Gasteiger charge is 2.27. The maximum absolute atomic E-state index is 11.4. The first-order valence-electron chi connectivity index (χ1n) is 7.71. The molecule has 0 fully saturated rings. The molecule has 1 aromatic heterocycles. The predicted octanol–water partition coefficient (Wildman–Crippen LogP) is 6.13. The molecule has 0 aliphatic carbocycles. The van der Waals surface area contributed by atoms with Crippen molar-refractivity contribution in [3.05, 3.63) is 50.0 Å². The van der Waals surface area contributed by atoms with Gasteiger partial charge in [0.15, 0.2) is 5.69 Å². The van der Waals surface area contributed by atoms with Gasteiger partial charge in [0.1, 0.15) is 11.4 Å². The number of aromatic amines is 1. The summed E-state index contributed by atoms with van der Waals surface area (Å²) in [7, 11) is 1.60. The van der Waals surface area contributed by atoms with Gasteiger partial charge in [-0.05, 0) is 51.3 Å². The topological polar surface area (TPSA) is 75.2 Å². The summed E-state index contributed by atoms with van der Waals surface area (Å²) in [5, 5.41) is 17.2. The maximum Gasteiger partial charge on any atom is 0.355 e. The van der Waals surface area contributed by atoms with Crippen molar-refractivity contribution in [2.24, 2.45) is 0 Å². The monoisotopic (exact) mass is 484 g/mol. The first-order valence-corrected chi connectivity index (χ1v) is 10.2. The zero-order valence-electron chi connectivity index (χ0n) is 13.8. The summed E-state index contributed by atoms with van der Waals surface area (Å²) in [6, 6.07) is 7.48. The Bertz CT molecular complexity index is 1080.